The molecular weight excluding hydrogens is 326 g/mol. The number of nitrogens with zero attached hydrogens (tertiary/aromatic N) is 3. The van der Waals surface area contributed by atoms with E-state index in [2.05, 4.69) is 16.4 Å². The van der Waals surface area contributed by atoms with E-state index in [0.717, 1.165) is 23.2 Å². The number of carbonyl (C=O) groups is 1. The lowest BCUT2D eigenvalue weighted by Gasteiger charge is -2.35. The third kappa shape index (κ3) is 2.34. The zero-order valence-electron chi connectivity index (χ0n) is 14.1. The van der Waals surface area contributed by atoms with Crippen LogP contribution in [0.3, 0.4) is 0 Å². The Labute approximate surface area is 150 Å². The molecule has 0 radical (unpaired) electrons. The standard InChI is InChI=1S/C20H17N5O/c26-16-10-4-9-15-17(16)18(14-8-5-11-21-12-14)25-20(22-15)23-19(24-25)13-6-2-1-3-7-13/h1-3,5-9,11-12,17-18H,4,10H2,(H,22,23,24)/p+1. The lowest BCUT2D eigenvalue weighted by atomic mass is 9.81. The van der Waals surface area contributed by atoms with Crippen molar-refractivity contribution >= 4 is 11.7 Å². The van der Waals surface area contributed by atoms with E-state index in [9.17, 15) is 4.79 Å². The number of hydrogen-bond donors (Lipinski definition) is 1. The van der Waals surface area contributed by atoms with E-state index in [1.165, 1.54) is 0 Å². The second kappa shape index (κ2) is 5.91. The Morgan fingerprint density at radius 2 is 2.04 bits per heavy atom. The fourth-order valence-corrected chi connectivity index (χ4v) is 3.81. The normalized spacial score (nSPS) is 21.4. The van der Waals surface area contributed by atoms with Crippen molar-refractivity contribution in [3.05, 3.63) is 72.2 Å². The predicted molar refractivity (Wildman–Crippen MR) is 96.0 cm³/mol. The van der Waals surface area contributed by atoms with Crippen LogP contribution in [0.2, 0.25) is 0 Å². The molecule has 2 aliphatic rings. The van der Waals surface area contributed by atoms with E-state index >= 15 is 0 Å². The Bertz CT molecular complexity index is 994. The van der Waals surface area contributed by atoms with E-state index in [1.807, 2.05) is 59.5 Å². The monoisotopic (exact) mass is 344 g/mol. The van der Waals surface area contributed by atoms with Gasteiger partial charge >= 0.3 is 0 Å². The average Bonchev–Trinajstić information content (AvgIpc) is 3.12. The number of allylic oxidation sites excluding steroid dienone is 2. The van der Waals surface area contributed by atoms with Gasteiger partial charge in [-0.3, -0.25) is 4.79 Å². The average molecular weight is 344 g/mol. The van der Waals surface area contributed by atoms with Gasteiger partial charge in [-0.1, -0.05) is 36.4 Å². The third-order valence-electron chi connectivity index (χ3n) is 5.01. The topological polar surface area (TPSA) is 74.0 Å². The first-order valence-corrected chi connectivity index (χ1v) is 8.79. The van der Waals surface area contributed by atoms with Gasteiger partial charge in [-0.15, -0.1) is 5.10 Å². The molecule has 128 valence electrons. The van der Waals surface area contributed by atoms with Crippen LogP contribution >= 0.6 is 0 Å². The number of aromatic nitrogens is 4. The van der Waals surface area contributed by atoms with Gasteiger partial charge in [0.05, 0.1) is 5.92 Å². The van der Waals surface area contributed by atoms with Crippen LogP contribution in [0.4, 0.5) is 5.95 Å². The summed E-state index contributed by atoms with van der Waals surface area (Å²) in [5.41, 5.74) is 2.92. The van der Waals surface area contributed by atoms with Crippen molar-refractivity contribution in [1.82, 2.24) is 14.8 Å². The molecule has 1 aliphatic heterocycles. The molecule has 2 unspecified atom stereocenters. The quantitative estimate of drug-likeness (QED) is 0.775. The minimum atomic E-state index is -0.252. The number of anilines is 1. The van der Waals surface area contributed by atoms with Gasteiger partial charge in [-0.2, -0.15) is 4.98 Å². The molecule has 3 heterocycles. The van der Waals surface area contributed by atoms with E-state index in [1.54, 1.807) is 0 Å². The zero-order chi connectivity index (χ0) is 17.5. The van der Waals surface area contributed by atoms with Crippen LogP contribution in [0.5, 0.6) is 0 Å². The van der Waals surface area contributed by atoms with Crippen LogP contribution in [0.15, 0.2) is 66.6 Å². The maximum Gasteiger partial charge on any atom is 0.226 e. The number of aromatic amines is 1. The van der Waals surface area contributed by atoms with Crippen molar-refractivity contribution in [3.8, 4) is 11.4 Å². The molecule has 0 amide bonds. The first-order chi connectivity index (χ1) is 12.8. The maximum absolute atomic E-state index is 12.7. The summed E-state index contributed by atoms with van der Waals surface area (Å²) in [5, 5.41) is 8.09. The molecule has 2 N–H and O–H groups in total. The summed E-state index contributed by atoms with van der Waals surface area (Å²) in [6.07, 6.45) is 7.25. The predicted octanol–water partition coefficient (Wildman–Crippen LogP) is 2.64. The van der Waals surface area contributed by atoms with Gasteiger partial charge in [-0.25, -0.2) is 9.67 Å². The molecule has 1 aromatic carbocycles. The Morgan fingerprint density at radius 1 is 1.15 bits per heavy atom. The van der Waals surface area contributed by atoms with Crippen LogP contribution in [0.1, 0.15) is 24.4 Å². The zero-order valence-corrected chi connectivity index (χ0v) is 14.1. The van der Waals surface area contributed by atoms with Gasteiger partial charge in [-0.05, 0) is 12.5 Å². The van der Waals surface area contributed by atoms with Crippen molar-refractivity contribution in [2.75, 3.05) is 5.32 Å². The van der Waals surface area contributed by atoms with E-state index in [0.29, 0.717) is 18.2 Å². The summed E-state index contributed by atoms with van der Waals surface area (Å²) >= 11 is 0. The summed E-state index contributed by atoms with van der Waals surface area (Å²) in [4.78, 5) is 20.6. The number of fused-ring (bicyclic) bond motifs is 2. The number of hydrogen-bond acceptors (Lipinski definition) is 4. The van der Waals surface area contributed by atoms with E-state index < -0.39 is 0 Å². The second-order valence-corrected chi connectivity index (χ2v) is 6.62. The van der Waals surface area contributed by atoms with Crippen LogP contribution in [0.25, 0.3) is 11.4 Å². The van der Waals surface area contributed by atoms with Gasteiger partial charge in [0.25, 0.3) is 0 Å². The second-order valence-electron chi connectivity index (χ2n) is 6.62. The highest BCUT2D eigenvalue weighted by molar-refractivity contribution is 5.87. The van der Waals surface area contributed by atoms with Gasteiger partial charge in [0.15, 0.2) is 18.2 Å². The third-order valence-corrected chi connectivity index (χ3v) is 5.01. The molecule has 1 aliphatic carbocycles. The van der Waals surface area contributed by atoms with Crippen molar-refractivity contribution in [2.45, 2.75) is 18.9 Å². The molecule has 6 nitrogen and oxygen atoms in total. The maximum atomic E-state index is 12.7. The highest BCUT2D eigenvalue weighted by Gasteiger charge is 2.42. The minimum absolute atomic E-state index is 0.201. The molecular formula is C20H18N5O+. The lowest BCUT2D eigenvalue weighted by Crippen LogP contribution is -2.39. The first kappa shape index (κ1) is 15.0. The number of carbonyl (C=O) groups excluding carboxylic acids is 1. The SMILES string of the molecule is O=C1CCC=C2Nc3nc(-c4ccccc4)nn3C(c3ccc[nH+]c3)C12. The largest absolute Gasteiger partial charge is 0.328 e. The molecule has 2 atom stereocenters. The number of benzene rings is 1. The molecule has 0 spiro atoms. The van der Waals surface area contributed by atoms with Crippen LogP contribution < -0.4 is 10.3 Å². The number of ketones is 1. The fourth-order valence-electron chi connectivity index (χ4n) is 3.81. The number of H-pyrrole nitrogens is 1. The highest BCUT2D eigenvalue weighted by Crippen LogP contribution is 2.41. The Morgan fingerprint density at radius 3 is 2.85 bits per heavy atom. The van der Waals surface area contributed by atoms with Crippen LogP contribution in [0, 0.1) is 5.92 Å². The molecule has 2 aromatic heterocycles. The molecule has 5 rings (SSSR count). The summed E-state index contributed by atoms with van der Waals surface area (Å²) < 4.78 is 1.86. The molecule has 0 saturated heterocycles. The molecule has 0 bridgehead atoms. The lowest BCUT2D eigenvalue weighted by molar-refractivity contribution is -0.379. The fraction of sp³-hybridized carbons (Fsp3) is 0.200. The van der Waals surface area contributed by atoms with Gasteiger partial charge < -0.3 is 5.32 Å². The van der Waals surface area contributed by atoms with Gasteiger partial charge in [0.2, 0.25) is 5.95 Å². The van der Waals surface area contributed by atoms with Gasteiger partial charge in [0.1, 0.15) is 11.8 Å². The molecule has 0 saturated carbocycles. The molecule has 3 aromatic rings. The Hall–Kier alpha value is -3.28. The van der Waals surface area contributed by atoms with Crippen LogP contribution in [-0.4, -0.2) is 20.5 Å². The number of rotatable bonds is 2. The minimum Gasteiger partial charge on any atom is -0.328 e. The van der Waals surface area contributed by atoms with Crippen molar-refractivity contribution in [1.29, 1.82) is 0 Å². The summed E-state index contributed by atoms with van der Waals surface area (Å²) in [6, 6.07) is 13.7. The molecule has 0 fully saturated rings. The van der Waals surface area contributed by atoms with Crippen molar-refractivity contribution < 1.29 is 9.78 Å². The number of pyridine rings is 1. The molecule has 6 heteroatoms. The number of Topliss-reactive ketones (excluding diaryl/α,β-unsaturated/α-hetero) is 1. The number of nitrogens with one attached hydrogen (secondary N) is 2. The first-order valence-electron chi connectivity index (χ1n) is 8.79. The van der Waals surface area contributed by atoms with Gasteiger partial charge in [0, 0.05) is 29.3 Å². The summed E-state index contributed by atoms with van der Waals surface area (Å²) in [7, 11) is 0. The highest BCUT2D eigenvalue weighted by atomic mass is 16.1. The van der Waals surface area contributed by atoms with E-state index in [-0.39, 0.29) is 17.7 Å². The molecule has 26 heavy (non-hydrogen) atoms. The van der Waals surface area contributed by atoms with E-state index in [4.69, 9.17) is 10.1 Å². The van der Waals surface area contributed by atoms with Crippen LogP contribution in [-0.2, 0) is 4.79 Å². The Balaban J connectivity index is 1.69. The summed E-state index contributed by atoms with van der Waals surface area (Å²) in [6.45, 7) is 0. The Kier molecular flexibility index (Phi) is 3.41. The van der Waals surface area contributed by atoms with Crippen molar-refractivity contribution in [2.24, 2.45) is 5.92 Å². The van der Waals surface area contributed by atoms with Crippen molar-refractivity contribution in [3.63, 3.8) is 0 Å². The smallest absolute Gasteiger partial charge is 0.226 e. The summed E-state index contributed by atoms with van der Waals surface area (Å²) in [5.74, 6) is 1.32.